The minimum atomic E-state index is -5.10. The molecule has 1 rings (SSSR count). The summed E-state index contributed by atoms with van der Waals surface area (Å²) >= 11 is 0. The number of carbonyl (C=O) groups is 2. The second kappa shape index (κ2) is 7.26. The zero-order valence-electron chi connectivity index (χ0n) is 12.1. The molecule has 0 radical (unpaired) electrons. The first-order valence-corrected chi connectivity index (χ1v) is 6.28. The topological polar surface area (TPSA) is 64.6 Å². The summed E-state index contributed by atoms with van der Waals surface area (Å²) in [6.07, 6.45) is -5.10. The molecule has 0 aliphatic heterocycles. The first-order chi connectivity index (χ1) is 10.2. The monoisotopic (exact) mass is 319 g/mol. The van der Waals surface area contributed by atoms with Crippen molar-refractivity contribution < 1.29 is 32.2 Å². The van der Waals surface area contributed by atoms with Crippen LogP contribution in [0.1, 0.15) is 12.5 Å². The Labute approximate surface area is 125 Å². The van der Waals surface area contributed by atoms with Gasteiger partial charge in [0.15, 0.2) is 5.54 Å². The molecule has 1 aromatic carbocycles. The van der Waals surface area contributed by atoms with Crippen molar-refractivity contribution in [1.82, 2.24) is 5.32 Å². The molecule has 0 fully saturated rings. The molecule has 0 aliphatic rings. The van der Waals surface area contributed by atoms with Gasteiger partial charge in [-0.15, -0.1) is 0 Å². The summed E-state index contributed by atoms with van der Waals surface area (Å²) in [6, 6.07) is 8.84. The average molecular weight is 319 g/mol. The van der Waals surface area contributed by atoms with Gasteiger partial charge in [-0.25, -0.2) is 4.79 Å². The Morgan fingerprint density at radius 1 is 1.18 bits per heavy atom. The standard InChI is InChI=1S/C14H16F3NO4/c1-13(12(20)21-2,18-11(19)14(15,16)17)9-22-8-10-6-4-3-5-7-10/h3-7H,8-9H2,1-2H3,(H,18,19). The van der Waals surface area contributed by atoms with E-state index in [9.17, 15) is 22.8 Å². The van der Waals surface area contributed by atoms with Crippen molar-refractivity contribution in [2.45, 2.75) is 25.2 Å². The van der Waals surface area contributed by atoms with Gasteiger partial charge >= 0.3 is 18.1 Å². The highest BCUT2D eigenvalue weighted by Gasteiger charge is 2.46. The number of rotatable bonds is 6. The van der Waals surface area contributed by atoms with Crippen molar-refractivity contribution in [3.63, 3.8) is 0 Å². The second-order valence-electron chi connectivity index (χ2n) is 4.75. The normalized spacial score (nSPS) is 14.0. The van der Waals surface area contributed by atoms with Crippen LogP contribution in [0.25, 0.3) is 0 Å². The van der Waals surface area contributed by atoms with E-state index < -0.39 is 30.2 Å². The zero-order chi connectivity index (χ0) is 16.8. The summed E-state index contributed by atoms with van der Waals surface area (Å²) in [4.78, 5) is 22.7. The third kappa shape index (κ3) is 5.03. The second-order valence-corrected chi connectivity index (χ2v) is 4.75. The third-order valence-electron chi connectivity index (χ3n) is 2.79. The van der Waals surface area contributed by atoms with Crippen LogP contribution < -0.4 is 5.32 Å². The summed E-state index contributed by atoms with van der Waals surface area (Å²) in [6.45, 7) is 0.721. The van der Waals surface area contributed by atoms with E-state index in [1.165, 1.54) is 0 Å². The Morgan fingerprint density at radius 3 is 2.27 bits per heavy atom. The molecular weight excluding hydrogens is 303 g/mol. The smallest absolute Gasteiger partial charge is 0.467 e. The van der Waals surface area contributed by atoms with Gasteiger partial charge in [0.05, 0.1) is 20.3 Å². The molecule has 1 amide bonds. The number of carbonyl (C=O) groups excluding carboxylic acids is 2. The highest BCUT2D eigenvalue weighted by molar-refractivity contribution is 5.90. The first-order valence-electron chi connectivity index (χ1n) is 6.28. The number of hydrogen-bond acceptors (Lipinski definition) is 4. The minimum Gasteiger partial charge on any atom is -0.467 e. The highest BCUT2D eigenvalue weighted by atomic mass is 19.4. The quantitative estimate of drug-likeness (QED) is 0.812. The van der Waals surface area contributed by atoms with E-state index in [2.05, 4.69) is 4.74 Å². The molecular formula is C14H16F3NO4. The van der Waals surface area contributed by atoms with Crippen molar-refractivity contribution in [3.05, 3.63) is 35.9 Å². The number of nitrogens with one attached hydrogen (secondary N) is 1. The molecule has 0 saturated carbocycles. The number of methoxy groups -OCH3 is 1. The molecule has 0 aliphatic carbocycles. The largest absolute Gasteiger partial charge is 0.471 e. The van der Waals surface area contributed by atoms with Gasteiger partial charge < -0.3 is 14.8 Å². The molecule has 0 saturated heterocycles. The summed E-state index contributed by atoms with van der Waals surface area (Å²) in [5.41, 5.74) is -1.16. The first kappa shape index (κ1) is 18.0. The lowest BCUT2D eigenvalue weighted by Crippen LogP contribution is -2.58. The van der Waals surface area contributed by atoms with Gasteiger partial charge in [-0.3, -0.25) is 4.79 Å². The lowest BCUT2D eigenvalue weighted by atomic mass is 10.0. The molecule has 0 spiro atoms. The predicted molar refractivity (Wildman–Crippen MR) is 70.7 cm³/mol. The lowest BCUT2D eigenvalue weighted by Gasteiger charge is -2.28. The van der Waals surface area contributed by atoms with E-state index in [-0.39, 0.29) is 6.61 Å². The number of hydrogen-bond donors (Lipinski definition) is 1. The Balaban J connectivity index is 2.71. The van der Waals surface area contributed by atoms with Gasteiger partial charge in [0.1, 0.15) is 0 Å². The third-order valence-corrected chi connectivity index (χ3v) is 2.79. The van der Waals surface area contributed by atoms with Crippen molar-refractivity contribution in [2.75, 3.05) is 13.7 Å². The fourth-order valence-electron chi connectivity index (χ4n) is 1.64. The number of esters is 1. The Bertz CT molecular complexity index is 519. The van der Waals surface area contributed by atoms with E-state index in [0.29, 0.717) is 0 Å². The molecule has 0 bridgehead atoms. The molecule has 1 N–H and O–H groups in total. The van der Waals surface area contributed by atoms with Gasteiger partial charge in [-0.2, -0.15) is 13.2 Å². The number of ether oxygens (including phenoxy) is 2. The fraction of sp³-hybridized carbons (Fsp3) is 0.429. The molecule has 1 atom stereocenters. The molecule has 0 aromatic heterocycles. The van der Waals surface area contributed by atoms with Crippen LogP contribution in [-0.4, -0.2) is 37.3 Å². The maximum atomic E-state index is 12.3. The zero-order valence-corrected chi connectivity index (χ0v) is 12.1. The maximum Gasteiger partial charge on any atom is 0.471 e. The Morgan fingerprint density at radius 2 is 1.77 bits per heavy atom. The minimum absolute atomic E-state index is 0.0787. The molecule has 8 heteroatoms. The Kier molecular flexibility index (Phi) is 5.92. The van der Waals surface area contributed by atoms with E-state index in [0.717, 1.165) is 19.6 Å². The molecule has 1 aromatic rings. The molecule has 1 unspecified atom stereocenters. The van der Waals surface area contributed by atoms with Crippen LogP contribution in [0.15, 0.2) is 30.3 Å². The van der Waals surface area contributed by atoms with Crippen LogP contribution in [0.3, 0.4) is 0 Å². The van der Waals surface area contributed by atoms with Crippen LogP contribution in [-0.2, 0) is 25.7 Å². The van der Waals surface area contributed by atoms with E-state index in [4.69, 9.17) is 4.74 Å². The van der Waals surface area contributed by atoms with Gasteiger partial charge in [0.2, 0.25) is 0 Å². The molecule has 5 nitrogen and oxygen atoms in total. The summed E-state index contributed by atoms with van der Waals surface area (Å²) < 4.78 is 46.7. The van der Waals surface area contributed by atoms with Gasteiger partial charge in [-0.1, -0.05) is 30.3 Å². The molecule has 22 heavy (non-hydrogen) atoms. The van der Waals surface area contributed by atoms with Crippen molar-refractivity contribution in [3.8, 4) is 0 Å². The summed E-state index contributed by atoms with van der Waals surface area (Å²) in [5, 5.41) is 1.61. The van der Waals surface area contributed by atoms with Crippen molar-refractivity contribution >= 4 is 11.9 Å². The van der Waals surface area contributed by atoms with Crippen LogP contribution in [0.4, 0.5) is 13.2 Å². The predicted octanol–water partition coefficient (Wildman–Crippen LogP) is 1.81. The average Bonchev–Trinajstić information content (AvgIpc) is 2.46. The number of amides is 1. The van der Waals surface area contributed by atoms with Gasteiger partial charge in [0.25, 0.3) is 0 Å². The highest BCUT2D eigenvalue weighted by Crippen LogP contribution is 2.18. The lowest BCUT2D eigenvalue weighted by molar-refractivity contribution is -0.179. The SMILES string of the molecule is COC(=O)C(C)(COCc1ccccc1)NC(=O)C(F)(F)F. The number of alkyl halides is 3. The van der Waals surface area contributed by atoms with Crippen molar-refractivity contribution in [1.29, 1.82) is 0 Å². The van der Waals surface area contributed by atoms with E-state index in [1.54, 1.807) is 35.6 Å². The van der Waals surface area contributed by atoms with E-state index in [1.807, 2.05) is 0 Å². The number of benzene rings is 1. The molecule has 0 heterocycles. The molecule has 122 valence electrons. The fourth-order valence-corrected chi connectivity index (χ4v) is 1.64. The van der Waals surface area contributed by atoms with Crippen LogP contribution >= 0.6 is 0 Å². The van der Waals surface area contributed by atoms with Crippen LogP contribution in [0.5, 0.6) is 0 Å². The van der Waals surface area contributed by atoms with E-state index >= 15 is 0 Å². The summed E-state index contributed by atoms with van der Waals surface area (Å²) in [5.74, 6) is -3.26. The number of halogens is 3. The van der Waals surface area contributed by atoms with Gasteiger partial charge in [-0.05, 0) is 12.5 Å². The van der Waals surface area contributed by atoms with Crippen LogP contribution in [0.2, 0.25) is 0 Å². The Hall–Kier alpha value is -2.09. The van der Waals surface area contributed by atoms with Crippen molar-refractivity contribution in [2.24, 2.45) is 0 Å². The summed E-state index contributed by atoms with van der Waals surface area (Å²) in [7, 11) is 1.01. The maximum absolute atomic E-state index is 12.3. The van der Waals surface area contributed by atoms with Crippen LogP contribution in [0, 0.1) is 0 Å². The van der Waals surface area contributed by atoms with Gasteiger partial charge in [0, 0.05) is 0 Å².